The third-order valence-electron chi connectivity index (χ3n) is 6.25. The fourth-order valence-corrected chi connectivity index (χ4v) is 4.59. The molecule has 1 aliphatic carbocycles. The summed E-state index contributed by atoms with van der Waals surface area (Å²) >= 11 is 0. The van der Waals surface area contributed by atoms with Gasteiger partial charge in [-0.3, -0.25) is 0 Å². The molecule has 0 unspecified atom stereocenters. The van der Waals surface area contributed by atoms with Crippen LogP contribution in [0.1, 0.15) is 82.3 Å². The van der Waals surface area contributed by atoms with Crippen LogP contribution in [0.25, 0.3) is 11.1 Å². The number of halogens is 2. The van der Waals surface area contributed by atoms with Crippen molar-refractivity contribution in [2.24, 2.45) is 5.92 Å². The van der Waals surface area contributed by atoms with E-state index in [4.69, 9.17) is 0 Å². The lowest BCUT2D eigenvalue weighted by molar-refractivity contribution is 0.0226. The summed E-state index contributed by atoms with van der Waals surface area (Å²) in [6.07, 6.45) is 10.7. The van der Waals surface area contributed by atoms with E-state index in [1.54, 1.807) is 0 Å². The highest BCUT2D eigenvalue weighted by Gasteiger charge is 2.22. The molecule has 0 bridgehead atoms. The zero-order valence-electron chi connectivity index (χ0n) is 17.4. The molecule has 1 fully saturated rings. The third-order valence-corrected chi connectivity index (χ3v) is 6.25. The van der Waals surface area contributed by atoms with Gasteiger partial charge in [-0.25, -0.2) is 8.78 Å². The fraction of sp³-hybridized carbons (Fsp3) is 0.538. The van der Waals surface area contributed by atoms with Crippen LogP contribution in [0.3, 0.4) is 0 Å². The number of benzene rings is 2. The van der Waals surface area contributed by atoms with E-state index in [0.29, 0.717) is 11.5 Å². The number of rotatable bonds is 8. The topological polar surface area (TPSA) is 0 Å². The molecule has 28 heavy (non-hydrogen) atoms. The third kappa shape index (κ3) is 6.15. The summed E-state index contributed by atoms with van der Waals surface area (Å²) in [6, 6.07) is 16.5. The second-order valence-electron chi connectivity index (χ2n) is 8.78. The molecule has 1 aliphatic rings. The minimum absolute atomic E-state index is 0.201. The van der Waals surface area contributed by atoms with Crippen LogP contribution < -0.4 is 0 Å². The Morgan fingerprint density at radius 1 is 0.821 bits per heavy atom. The van der Waals surface area contributed by atoms with E-state index in [0.717, 1.165) is 24.0 Å². The van der Waals surface area contributed by atoms with E-state index in [1.165, 1.54) is 56.9 Å². The van der Waals surface area contributed by atoms with Crippen LogP contribution >= 0.6 is 0 Å². The SMILES string of the molecule is CCCCC[C@H]1CC[C@H](c2ccc(-c3ccc(CC(C)(F)F)cc3)cc2)CC1. The average molecular weight is 385 g/mol. The highest BCUT2D eigenvalue weighted by molar-refractivity contribution is 5.64. The Balaban J connectivity index is 1.55. The van der Waals surface area contributed by atoms with Gasteiger partial charge in [-0.1, -0.05) is 81.1 Å². The standard InChI is InChI=1S/C26H34F2/c1-3-4-5-6-20-7-11-22(12-8-20)24-15-17-25(18-16-24)23-13-9-21(10-14-23)19-26(2,27)28/h9-10,13-18,20,22H,3-8,11-12,19H2,1-2H3/t20-,22-. The first kappa shape index (κ1) is 21.0. The summed E-state index contributed by atoms with van der Waals surface area (Å²) in [5.74, 6) is -1.01. The van der Waals surface area contributed by atoms with Crippen molar-refractivity contribution in [2.75, 3.05) is 0 Å². The molecule has 0 radical (unpaired) electrons. The summed E-state index contributed by atoms with van der Waals surface area (Å²) in [6.45, 7) is 3.25. The van der Waals surface area contributed by atoms with Crippen LogP contribution in [0.15, 0.2) is 48.5 Å². The molecule has 2 aromatic rings. The zero-order valence-corrected chi connectivity index (χ0v) is 17.4. The lowest BCUT2D eigenvalue weighted by Crippen LogP contribution is -2.13. The Kier molecular flexibility index (Phi) is 7.26. The van der Waals surface area contributed by atoms with Gasteiger partial charge in [0, 0.05) is 6.42 Å². The van der Waals surface area contributed by atoms with Crippen molar-refractivity contribution in [2.45, 2.75) is 83.5 Å². The quantitative estimate of drug-likeness (QED) is 0.401. The van der Waals surface area contributed by atoms with Gasteiger partial charge in [-0.2, -0.15) is 0 Å². The van der Waals surface area contributed by atoms with Crippen molar-refractivity contribution in [1.29, 1.82) is 0 Å². The molecule has 3 rings (SSSR count). The van der Waals surface area contributed by atoms with Gasteiger partial charge in [-0.05, 0) is 66.7 Å². The molecule has 0 atom stereocenters. The second kappa shape index (κ2) is 9.67. The molecule has 0 heterocycles. The summed E-state index contributed by atoms with van der Waals surface area (Å²) in [4.78, 5) is 0. The molecule has 2 aromatic carbocycles. The molecule has 0 aliphatic heterocycles. The normalized spacial score (nSPS) is 20.3. The number of alkyl halides is 2. The molecule has 152 valence electrons. The molecular weight excluding hydrogens is 350 g/mol. The molecular formula is C26H34F2. The minimum Gasteiger partial charge on any atom is -0.207 e. The Hall–Kier alpha value is -1.70. The maximum absolute atomic E-state index is 13.2. The van der Waals surface area contributed by atoms with Gasteiger partial charge in [0.15, 0.2) is 0 Å². The van der Waals surface area contributed by atoms with Crippen LogP contribution in [0.5, 0.6) is 0 Å². The first-order chi connectivity index (χ1) is 13.4. The molecule has 1 saturated carbocycles. The summed E-state index contributed by atoms with van der Waals surface area (Å²) in [7, 11) is 0. The largest absolute Gasteiger partial charge is 0.249 e. The van der Waals surface area contributed by atoms with Crippen molar-refractivity contribution < 1.29 is 8.78 Å². The molecule has 2 heteroatoms. The number of unbranched alkanes of at least 4 members (excludes halogenated alkanes) is 2. The highest BCUT2D eigenvalue weighted by atomic mass is 19.3. The molecule has 0 amide bonds. The van der Waals surface area contributed by atoms with E-state index >= 15 is 0 Å². The first-order valence-corrected chi connectivity index (χ1v) is 11.0. The van der Waals surface area contributed by atoms with Crippen molar-refractivity contribution in [3.05, 3.63) is 59.7 Å². The van der Waals surface area contributed by atoms with Gasteiger partial charge in [0.1, 0.15) is 0 Å². The Labute approximate surface area is 169 Å². The van der Waals surface area contributed by atoms with Crippen LogP contribution in [0.4, 0.5) is 8.78 Å². The van der Waals surface area contributed by atoms with E-state index in [9.17, 15) is 8.78 Å². The predicted octanol–water partition coefficient (Wildman–Crippen LogP) is 8.41. The van der Waals surface area contributed by atoms with Crippen molar-refractivity contribution >= 4 is 0 Å². The van der Waals surface area contributed by atoms with Crippen LogP contribution in [0, 0.1) is 5.92 Å². The van der Waals surface area contributed by atoms with E-state index in [-0.39, 0.29) is 6.42 Å². The van der Waals surface area contributed by atoms with Crippen molar-refractivity contribution in [1.82, 2.24) is 0 Å². The van der Waals surface area contributed by atoms with Gasteiger partial charge in [0.05, 0.1) is 0 Å². The lowest BCUT2D eigenvalue weighted by Gasteiger charge is -2.29. The van der Waals surface area contributed by atoms with Crippen LogP contribution in [-0.4, -0.2) is 5.92 Å². The maximum atomic E-state index is 13.2. The van der Waals surface area contributed by atoms with Crippen molar-refractivity contribution in [3.8, 4) is 11.1 Å². The highest BCUT2D eigenvalue weighted by Crippen LogP contribution is 2.38. The van der Waals surface area contributed by atoms with Gasteiger partial charge in [0.25, 0.3) is 0 Å². The van der Waals surface area contributed by atoms with Gasteiger partial charge >= 0.3 is 0 Å². The molecule has 0 aromatic heterocycles. The molecule has 0 nitrogen and oxygen atoms in total. The smallest absolute Gasteiger partial charge is 0.207 e. The first-order valence-electron chi connectivity index (χ1n) is 11.0. The van der Waals surface area contributed by atoms with Crippen LogP contribution in [0.2, 0.25) is 0 Å². The van der Waals surface area contributed by atoms with Crippen molar-refractivity contribution in [3.63, 3.8) is 0 Å². The van der Waals surface area contributed by atoms with Crippen LogP contribution in [-0.2, 0) is 6.42 Å². The summed E-state index contributed by atoms with van der Waals surface area (Å²) in [5.41, 5.74) is 4.39. The minimum atomic E-state index is -2.65. The lowest BCUT2D eigenvalue weighted by atomic mass is 9.77. The van der Waals surface area contributed by atoms with E-state index in [1.807, 2.05) is 24.3 Å². The average Bonchev–Trinajstić information content (AvgIpc) is 2.68. The zero-order chi connectivity index (χ0) is 20.0. The Morgan fingerprint density at radius 2 is 1.39 bits per heavy atom. The van der Waals surface area contributed by atoms with Gasteiger partial charge < -0.3 is 0 Å². The summed E-state index contributed by atoms with van der Waals surface area (Å²) < 4.78 is 26.3. The molecule has 0 saturated heterocycles. The second-order valence-corrected chi connectivity index (χ2v) is 8.78. The molecule has 0 N–H and O–H groups in total. The fourth-order valence-electron chi connectivity index (χ4n) is 4.59. The maximum Gasteiger partial charge on any atom is 0.249 e. The van der Waals surface area contributed by atoms with E-state index < -0.39 is 5.92 Å². The van der Waals surface area contributed by atoms with Gasteiger partial charge in [0.2, 0.25) is 5.92 Å². The van der Waals surface area contributed by atoms with E-state index in [2.05, 4.69) is 31.2 Å². The predicted molar refractivity (Wildman–Crippen MR) is 115 cm³/mol. The number of hydrogen-bond acceptors (Lipinski definition) is 0. The van der Waals surface area contributed by atoms with Gasteiger partial charge in [-0.15, -0.1) is 0 Å². The Morgan fingerprint density at radius 3 is 1.93 bits per heavy atom. The monoisotopic (exact) mass is 384 g/mol. The summed E-state index contributed by atoms with van der Waals surface area (Å²) in [5, 5.41) is 0. The molecule has 0 spiro atoms. The Bertz CT molecular complexity index is 702. The number of hydrogen-bond donors (Lipinski definition) is 0.